The lowest BCUT2D eigenvalue weighted by Gasteiger charge is -2.20. The fraction of sp³-hybridized carbons (Fsp3) is 0.556. The highest BCUT2D eigenvalue weighted by Crippen LogP contribution is 2.23. The summed E-state index contributed by atoms with van der Waals surface area (Å²) in [7, 11) is 0. The van der Waals surface area contributed by atoms with Gasteiger partial charge in [-0.15, -0.1) is 0 Å². The Morgan fingerprint density at radius 3 is 2.50 bits per heavy atom. The first-order valence-corrected chi connectivity index (χ1v) is 7.62. The van der Waals surface area contributed by atoms with Gasteiger partial charge < -0.3 is 9.47 Å². The van der Waals surface area contributed by atoms with Gasteiger partial charge in [-0.05, 0) is 32.9 Å². The zero-order chi connectivity index (χ0) is 16.8. The van der Waals surface area contributed by atoms with Gasteiger partial charge in [-0.25, -0.2) is 0 Å². The molecule has 0 aromatic rings. The number of ketones is 1. The second kappa shape index (κ2) is 7.97. The smallest absolute Gasteiger partial charge is 0.313 e. The van der Waals surface area contributed by atoms with Crippen molar-refractivity contribution in [2.45, 2.75) is 59.7 Å². The molecule has 0 bridgehead atoms. The first kappa shape index (κ1) is 18.2. The number of allylic oxidation sites excluding steroid dienone is 5. The van der Waals surface area contributed by atoms with E-state index in [1.165, 1.54) is 6.92 Å². The zero-order valence-corrected chi connectivity index (χ0v) is 14.1. The molecule has 0 aromatic heterocycles. The predicted octanol–water partition coefficient (Wildman–Crippen LogP) is 3.73. The van der Waals surface area contributed by atoms with Gasteiger partial charge in [0, 0.05) is 11.8 Å². The molecular weight excluding hydrogens is 280 g/mol. The summed E-state index contributed by atoms with van der Waals surface area (Å²) >= 11 is 0. The van der Waals surface area contributed by atoms with Crippen LogP contribution in [0.5, 0.6) is 0 Å². The molecule has 0 heterocycles. The number of rotatable bonds is 7. The van der Waals surface area contributed by atoms with E-state index in [2.05, 4.69) is 26.0 Å². The molecule has 0 fully saturated rings. The Balaban J connectivity index is 2.44. The quantitative estimate of drug-likeness (QED) is 0.531. The Hall–Kier alpha value is -1.84. The second-order valence-corrected chi connectivity index (χ2v) is 6.43. The lowest BCUT2D eigenvalue weighted by atomic mass is 9.93. The number of carbonyl (C=O) groups excluding carboxylic acids is 2. The van der Waals surface area contributed by atoms with Gasteiger partial charge in [-0.1, -0.05) is 32.1 Å². The van der Waals surface area contributed by atoms with Crippen molar-refractivity contribution in [3.05, 3.63) is 36.1 Å². The standard InChI is InChI=1S/C18H26O4/c1-13(19)11-17(20)22-15(3)12-14(2)21-16-7-6-9-18(4,5)10-8-16/h6-10,14-15H,11-12H2,1-5H3/t14-,15-/m1/s1. The SMILES string of the molecule is CC(=O)CC(=O)O[C@H](C)C[C@@H](C)OC1=CC=CC(C)(C)C=C1. The van der Waals surface area contributed by atoms with E-state index in [1.807, 2.05) is 25.2 Å². The fourth-order valence-electron chi connectivity index (χ4n) is 2.14. The summed E-state index contributed by atoms with van der Waals surface area (Å²) in [5, 5.41) is 0. The molecule has 0 saturated carbocycles. The topological polar surface area (TPSA) is 52.6 Å². The average Bonchev–Trinajstić information content (AvgIpc) is 2.49. The van der Waals surface area contributed by atoms with Crippen LogP contribution in [-0.4, -0.2) is 24.0 Å². The molecular formula is C18H26O4. The summed E-state index contributed by atoms with van der Waals surface area (Å²) in [6, 6.07) is 0. The van der Waals surface area contributed by atoms with Crippen LogP contribution in [0, 0.1) is 5.41 Å². The van der Waals surface area contributed by atoms with Gasteiger partial charge in [-0.2, -0.15) is 0 Å². The first-order chi connectivity index (χ1) is 10.2. The monoisotopic (exact) mass is 306 g/mol. The Morgan fingerprint density at radius 1 is 1.18 bits per heavy atom. The van der Waals surface area contributed by atoms with Crippen molar-refractivity contribution < 1.29 is 19.1 Å². The lowest BCUT2D eigenvalue weighted by Crippen LogP contribution is -2.22. The van der Waals surface area contributed by atoms with Crippen molar-refractivity contribution >= 4 is 11.8 Å². The molecule has 4 heteroatoms. The number of ether oxygens (including phenoxy) is 2. The first-order valence-electron chi connectivity index (χ1n) is 7.62. The molecule has 1 rings (SSSR count). The molecule has 1 aliphatic rings. The van der Waals surface area contributed by atoms with E-state index in [-0.39, 0.29) is 29.8 Å². The summed E-state index contributed by atoms with van der Waals surface area (Å²) in [5.74, 6) is 0.117. The normalized spacial score (nSPS) is 18.9. The van der Waals surface area contributed by atoms with E-state index in [0.717, 1.165) is 5.76 Å². The van der Waals surface area contributed by atoms with Crippen molar-refractivity contribution in [3.8, 4) is 0 Å². The molecule has 0 N–H and O–H groups in total. The van der Waals surface area contributed by atoms with Crippen LogP contribution in [0.1, 0.15) is 47.5 Å². The number of hydrogen-bond donors (Lipinski definition) is 0. The molecule has 0 radical (unpaired) electrons. The number of carbonyl (C=O) groups is 2. The molecule has 0 aromatic carbocycles. The van der Waals surface area contributed by atoms with Crippen LogP contribution in [0.15, 0.2) is 36.1 Å². The third kappa shape index (κ3) is 7.25. The van der Waals surface area contributed by atoms with Crippen LogP contribution in [0.4, 0.5) is 0 Å². The van der Waals surface area contributed by atoms with E-state index in [0.29, 0.717) is 6.42 Å². The van der Waals surface area contributed by atoms with Gasteiger partial charge in [0.2, 0.25) is 0 Å². The molecule has 1 aliphatic carbocycles. The van der Waals surface area contributed by atoms with Gasteiger partial charge in [-0.3, -0.25) is 9.59 Å². The van der Waals surface area contributed by atoms with Crippen LogP contribution >= 0.6 is 0 Å². The van der Waals surface area contributed by atoms with Crippen molar-refractivity contribution in [1.82, 2.24) is 0 Å². The van der Waals surface area contributed by atoms with E-state index < -0.39 is 5.97 Å². The minimum Gasteiger partial charge on any atom is -0.491 e. The zero-order valence-electron chi connectivity index (χ0n) is 14.1. The molecule has 0 amide bonds. The van der Waals surface area contributed by atoms with Gasteiger partial charge in [0.25, 0.3) is 0 Å². The summed E-state index contributed by atoms with van der Waals surface area (Å²) < 4.78 is 11.1. The third-order valence-corrected chi connectivity index (χ3v) is 3.19. The predicted molar refractivity (Wildman–Crippen MR) is 86.2 cm³/mol. The highest BCUT2D eigenvalue weighted by molar-refractivity contribution is 5.94. The molecule has 0 spiro atoms. The number of Topliss-reactive ketones (excluding diaryl/α,β-unsaturated/α-hetero) is 1. The largest absolute Gasteiger partial charge is 0.491 e. The molecule has 4 nitrogen and oxygen atoms in total. The Kier molecular flexibility index (Phi) is 6.60. The van der Waals surface area contributed by atoms with Crippen LogP contribution in [-0.2, 0) is 19.1 Å². The van der Waals surface area contributed by atoms with Crippen molar-refractivity contribution in [3.63, 3.8) is 0 Å². The van der Waals surface area contributed by atoms with Crippen LogP contribution in [0.2, 0.25) is 0 Å². The molecule has 22 heavy (non-hydrogen) atoms. The highest BCUT2D eigenvalue weighted by atomic mass is 16.5. The molecule has 0 aliphatic heterocycles. The summed E-state index contributed by atoms with van der Waals surface area (Å²) in [4.78, 5) is 22.3. The summed E-state index contributed by atoms with van der Waals surface area (Å²) in [5.41, 5.74) is 0.0142. The van der Waals surface area contributed by atoms with Crippen LogP contribution in [0.3, 0.4) is 0 Å². The number of hydrogen-bond acceptors (Lipinski definition) is 4. The van der Waals surface area contributed by atoms with E-state index >= 15 is 0 Å². The van der Waals surface area contributed by atoms with Crippen LogP contribution < -0.4 is 0 Å². The summed E-state index contributed by atoms with van der Waals surface area (Å²) in [6.07, 6.45) is 10.1. The van der Waals surface area contributed by atoms with Crippen molar-refractivity contribution in [1.29, 1.82) is 0 Å². The Bertz CT molecular complexity index is 497. The maximum atomic E-state index is 11.4. The minimum atomic E-state index is -0.481. The van der Waals surface area contributed by atoms with Gasteiger partial charge in [0.1, 0.15) is 24.1 Å². The highest BCUT2D eigenvalue weighted by Gasteiger charge is 2.17. The average molecular weight is 306 g/mol. The maximum absolute atomic E-state index is 11.4. The van der Waals surface area contributed by atoms with Gasteiger partial charge in [0.15, 0.2) is 0 Å². The molecule has 2 atom stereocenters. The molecule has 122 valence electrons. The number of esters is 1. The van der Waals surface area contributed by atoms with Gasteiger partial charge in [0.05, 0.1) is 6.10 Å². The minimum absolute atomic E-state index is 0.0142. The van der Waals surface area contributed by atoms with Gasteiger partial charge >= 0.3 is 5.97 Å². The maximum Gasteiger partial charge on any atom is 0.313 e. The van der Waals surface area contributed by atoms with E-state index in [4.69, 9.17) is 9.47 Å². The Morgan fingerprint density at radius 2 is 1.86 bits per heavy atom. The van der Waals surface area contributed by atoms with E-state index in [9.17, 15) is 9.59 Å². The van der Waals surface area contributed by atoms with Crippen LogP contribution in [0.25, 0.3) is 0 Å². The second-order valence-electron chi connectivity index (χ2n) is 6.43. The van der Waals surface area contributed by atoms with Crippen molar-refractivity contribution in [2.75, 3.05) is 0 Å². The molecule has 0 saturated heterocycles. The Labute approximate surface area is 132 Å². The fourth-order valence-corrected chi connectivity index (χ4v) is 2.14. The lowest BCUT2D eigenvalue weighted by molar-refractivity contribution is -0.150. The third-order valence-electron chi connectivity index (χ3n) is 3.19. The molecule has 0 unspecified atom stereocenters. The van der Waals surface area contributed by atoms with E-state index in [1.54, 1.807) is 6.92 Å². The van der Waals surface area contributed by atoms with Crippen molar-refractivity contribution in [2.24, 2.45) is 5.41 Å². The summed E-state index contributed by atoms with van der Waals surface area (Å²) in [6.45, 7) is 9.35.